The van der Waals surface area contributed by atoms with E-state index < -0.39 is 11.9 Å². The molecule has 0 fully saturated rings. The number of Topliss-reactive ketones (excluding diaryl/α,β-unsaturated/α-hetero) is 2. The van der Waals surface area contributed by atoms with E-state index in [0.29, 0.717) is 31.7 Å². The largest absolute Gasteiger partial charge is 0.488 e. The Hall–Kier alpha value is -3.23. The van der Waals surface area contributed by atoms with Crippen LogP contribution in [0.3, 0.4) is 0 Å². The minimum absolute atomic E-state index is 0.0964. The standard InChI is InChI=1S/C34H38BrNO6/c1-33(2)15-24-30(26(37)17-33)29(31-25(36(24)12-13-41-5)16-34(3,4)18-27(31)38)22-10-11-28(23(35)14-22)42-19-20-6-8-21(9-7-20)32(39)40/h6-11,14,29H,12-13,15-19H2,1-5H3,(H,39,40). The lowest BCUT2D eigenvalue weighted by Gasteiger charge is -2.49. The third-order valence-electron chi connectivity index (χ3n) is 8.43. The summed E-state index contributed by atoms with van der Waals surface area (Å²) in [6.07, 6.45) is 2.38. The van der Waals surface area contributed by atoms with Crippen LogP contribution in [0, 0.1) is 10.8 Å². The summed E-state index contributed by atoms with van der Waals surface area (Å²) >= 11 is 3.67. The average molecular weight is 637 g/mol. The predicted octanol–water partition coefficient (Wildman–Crippen LogP) is 7.06. The van der Waals surface area contributed by atoms with Gasteiger partial charge in [-0.05, 0) is 75.0 Å². The van der Waals surface area contributed by atoms with Crippen molar-refractivity contribution < 1.29 is 29.0 Å². The van der Waals surface area contributed by atoms with E-state index in [-0.39, 0.29) is 34.6 Å². The highest BCUT2D eigenvalue weighted by Gasteiger charge is 2.48. The highest BCUT2D eigenvalue weighted by molar-refractivity contribution is 9.10. The van der Waals surface area contributed by atoms with E-state index in [1.54, 1.807) is 31.4 Å². The minimum atomic E-state index is -0.970. The van der Waals surface area contributed by atoms with E-state index in [2.05, 4.69) is 48.5 Å². The van der Waals surface area contributed by atoms with Gasteiger partial charge in [-0.25, -0.2) is 4.79 Å². The van der Waals surface area contributed by atoms with Crippen molar-refractivity contribution in [1.29, 1.82) is 0 Å². The van der Waals surface area contributed by atoms with E-state index in [9.17, 15) is 14.4 Å². The van der Waals surface area contributed by atoms with E-state index in [1.807, 2.05) is 18.2 Å². The van der Waals surface area contributed by atoms with Gasteiger partial charge in [0.25, 0.3) is 0 Å². The number of aromatic carboxylic acids is 1. The molecule has 0 saturated carbocycles. The van der Waals surface area contributed by atoms with E-state index in [4.69, 9.17) is 14.6 Å². The van der Waals surface area contributed by atoms with Gasteiger partial charge in [0.05, 0.1) is 16.6 Å². The number of carbonyl (C=O) groups excluding carboxylic acids is 2. The molecule has 0 amide bonds. The zero-order valence-electron chi connectivity index (χ0n) is 24.9. The molecule has 222 valence electrons. The fourth-order valence-electron chi connectivity index (χ4n) is 6.55. The first-order valence-corrected chi connectivity index (χ1v) is 15.1. The van der Waals surface area contributed by atoms with Gasteiger partial charge in [0.15, 0.2) is 11.6 Å². The van der Waals surface area contributed by atoms with Gasteiger partial charge in [0.1, 0.15) is 12.4 Å². The smallest absolute Gasteiger partial charge is 0.335 e. The van der Waals surface area contributed by atoms with Crippen LogP contribution in [0.1, 0.15) is 80.8 Å². The molecule has 5 rings (SSSR count). The average Bonchev–Trinajstić information content (AvgIpc) is 2.89. The van der Waals surface area contributed by atoms with Crippen LogP contribution in [0.4, 0.5) is 0 Å². The lowest BCUT2D eigenvalue weighted by Crippen LogP contribution is -2.45. The predicted molar refractivity (Wildman–Crippen MR) is 163 cm³/mol. The van der Waals surface area contributed by atoms with Crippen molar-refractivity contribution in [2.45, 2.75) is 65.9 Å². The number of benzene rings is 2. The van der Waals surface area contributed by atoms with Crippen molar-refractivity contribution in [3.63, 3.8) is 0 Å². The van der Waals surface area contributed by atoms with Crippen LogP contribution in [0.15, 0.2) is 69.5 Å². The maximum Gasteiger partial charge on any atom is 0.335 e. The van der Waals surface area contributed by atoms with Gasteiger partial charge in [-0.2, -0.15) is 0 Å². The SMILES string of the molecule is COCCN1C2=C(C(=O)CC(C)(C)C2)C(c2ccc(OCc3ccc(C(=O)O)cc3)c(Br)c2)C2=C1CC(C)(C)CC2=O. The third-order valence-corrected chi connectivity index (χ3v) is 9.05. The number of hydrogen-bond acceptors (Lipinski definition) is 6. The molecule has 42 heavy (non-hydrogen) atoms. The molecule has 8 heteroatoms. The number of carboxylic acid groups (broad SMARTS) is 1. The van der Waals surface area contributed by atoms with Crippen molar-refractivity contribution in [3.05, 3.63) is 86.2 Å². The zero-order chi connectivity index (χ0) is 30.4. The Labute approximate surface area is 255 Å². The van der Waals surface area contributed by atoms with Crippen molar-refractivity contribution in [2.75, 3.05) is 20.3 Å². The van der Waals surface area contributed by atoms with Gasteiger partial charge in [-0.15, -0.1) is 0 Å². The Morgan fingerprint density at radius 2 is 1.50 bits per heavy atom. The molecule has 2 aromatic rings. The van der Waals surface area contributed by atoms with Crippen LogP contribution in [0.2, 0.25) is 0 Å². The summed E-state index contributed by atoms with van der Waals surface area (Å²) in [6.45, 7) is 9.90. The molecule has 0 spiro atoms. The second-order valence-electron chi connectivity index (χ2n) is 13.2. The third kappa shape index (κ3) is 5.97. The van der Waals surface area contributed by atoms with Gasteiger partial charge in [0.2, 0.25) is 0 Å². The van der Waals surface area contributed by atoms with Gasteiger partial charge in [0, 0.05) is 55.0 Å². The Kier molecular flexibility index (Phi) is 8.25. The van der Waals surface area contributed by atoms with Gasteiger partial charge < -0.3 is 19.5 Å². The molecule has 1 heterocycles. The van der Waals surface area contributed by atoms with E-state index >= 15 is 0 Å². The zero-order valence-corrected chi connectivity index (χ0v) is 26.5. The van der Waals surface area contributed by atoms with Crippen LogP contribution in [0.25, 0.3) is 0 Å². The number of ether oxygens (including phenoxy) is 2. The molecule has 0 saturated heterocycles. The molecule has 0 unspecified atom stereocenters. The number of halogens is 1. The molecule has 0 radical (unpaired) electrons. The highest BCUT2D eigenvalue weighted by Crippen LogP contribution is 2.54. The number of rotatable bonds is 8. The monoisotopic (exact) mass is 635 g/mol. The summed E-state index contributed by atoms with van der Waals surface area (Å²) in [4.78, 5) is 41.2. The Morgan fingerprint density at radius 1 is 0.929 bits per heavy atom. The summed E-state index contributed by atoms with van der Waals surface area (Å²) in [7, 11) is 1.68. The van der Waals surface area contributed by atoms with Crippen molar-refractivity contribution in [3.8, 4) is 5.75 Å². The van der Waals surface area contributed by atoms with Gasteiger partial charge in [-0.1, -0.05) is 45.9 Å². The van der Waals surface area contributed by atoms with Crippen LogP contribution in [-0.4, -0.2) is 47.8 Å². The van der Waals surface area contributed by atoms with Crippen LogP contribution in [-0.2, 0) is 20.9 Å². The lowest BCUT2D eigenvalue weighted by atomic mass is 9.63. The number of carbonyl (C=O) groups is 3. The van der Waals surface area contributed by atoms with Crippen molar-refractivity contribution in [1.82, 2.24) is 4.90 Å². The summed E-state index contributed by atoms with van der Waals surface area (Å²) in [6, 6.07) is 12.4. The summed E-state index contributed by atoms with van der Waals surface area (Å²) in [5.74, 6) is -0.593. The molecule has 2 aliphatic carbocycles. The molecule has 3 aliphatic rings. The normalized spacial score (nSPS) is 20.0. The number of hydrogen-bond donors (Lipinski definition) is 1. The van der Waals surface area contributed by atoms with Gasteiger partial charge >= 0.3 is 5.97 Å². The second kappa shape index (κ2) is 11.5. The number of ketones is 2. The Balaban J connectivity index is 1.55. The molecule has 0 atom stereocenters. The molecule has 1 aliphatic heterocycles. The Morgan fingerprint density at radius 3 is 2.00 bits per heavy atom. The Bertz CT molecular complexity index is 1450. The van der Waals surface area contributed by atoms with E-state index in [0.717, 1.165) is 51.0 Å². The summed E-state index contributed by atoms with van der Waals surface area (Å²) in [5, 5.41) is 9.14. The molecular weight excluding hydrogens is 598 g/mol. The molecule has 7 nitrogen and oxygen atoms in total. The van der Waals surface area contributed by atoms with Crippen LogP contribution < -0.4 is 4.74 Å². The molecular formula is C34H38BrNO6. The lowest BCUT2D eigenvalue weighted by molar-refractivity contribution is -0.119. The first kappa shape index (κ1) is 30.2. The topological polar surface area (TPSA) is 93.1 Å². The number of allylic oxidation sites excluding steroid dienone is 4. The highest BCUT2D eigenvalue weighted by atomic mass is 79.9. The fraction of sp³-hybridized carbons (Fsp3) is 0.441. The maximum atomic E-state index is 13.9. The van der Waals surface area contributed by atoms with Crippen molar-refractivity contribution >= 4 is 33.5 Å². The van der Waals surface area contributed by atoms with E-state index in [1.165, 1.54) is 0 Å². The first-order valence-electron chi connectivity index (χ1n) is 14.3. The van der Waals surface area contributed by atoms with Crippen LogP contribution in [0.5, 0.6) is 5.75 Å². The summed E-state index contributed by atoms with van der Waals surface area (Å²) in [5.41, 5.74) is 5.08. The summed E-state index contributed by atoms with van der Waals surface area (Å²) < 4.78 is 12.3. The molecule has 1 N–H and O–H groups in total. The quantitative estimate of drug-likeness (QED) is 0.332. The van der Waals surface area contributed by atoms with Crippen molar-refractivity contribution in [2.24, 2.45) is 10.8 Å². The number of nitrogens with zero attached hydrogens (tertiary/aromatic N) is 1. The molecule has 2 aromatic carbocycles. The van der Waals surface area contributed by atoms with Crippen LogP contribution >= 0.6 is 15.9 Å². The molecule has 0 bridgehead atoms. The van der Waals surface area contributed by atoms with Gasteiger partial charge in [-0.3, -0.25) is 9.59 Å². The number of methoxy groups -OCH3 is 1. The number of carboxylic acids is 1. The molecule has 0 aromatic heterocycles. The fourth-order valence-corrected chi connectivity index (χ4v) is 7.06. The first-order chi connectivity index (χ1) is 19.8. The second-order valence-corrected chi connectivity index (χ2v) is 14.0. The minimum Gasteiger partial charge on any atom is -0.488 e. The maximum absolute atomic E-state index is 13.9.